The number of benzene rings is 1. The normalized spacial score (nSPS) is 19.9. The van der Waals surface area contributed by atoms with Crippen molar-refractivity contribution < 1.29 is 18.0 Å². The third-order valence-corrected chi connectivity index (χ3v) is 8.40. The lowest BCUT2D eigenvalue weighted by Gasteiger charge is -2.31. The van der Waals surface area contributed by atoms with Gasteiger partial charge in [-0.3, -0.25) is 9.59 Å². The SMILES string of the molecule is O=C(NCc1ccc(Cl)cc1)[C@@H]1CCCN(S(=O)(=O)c2c[nH]c(C(=O)N3CCCCC3)c2)C1. The maximum atomic E-state index is 13.2. The van der Waals surface area contributed by atoms with Crippen LogP contribution in [0.4, 0.5) is 0 Å². The zero-order chi connectivity index (χ0) is 23.4. The number of H-pyrrole nitrogens is 1. The van der Waals surface area contributed by atoms with Crippen LogP contribution in [0, 0.1) is 5.92 Å². The van der Waals surface area contributed by atoms with E-state index in [1.165, 1.54) is 16.6 Å². The van der Waals surface area contributed by atoms with Gasteiger partial charge in [-0.1, -0.05) is 23.7 Å². The molecule has 4 rings (SSSR count). The summed E-state index contributed by atoms with van der Waals surface area (Å²) in [5.41, 5.74) is 1.20. The zero-order valence-electron chi connectivity index (χ0n) is 18.4. The van der Waals surface area contributed by atoms with E-state index >= 15 is 0 Å². The van der Waals surface area contributed by atoms with Crippen LogP contribution in [0.1, 0.15) is 48.2 Å². The summed E-state index contributed by atoms with van der Waals surface area (Å²) in [4.78, 5) is 30.0. The van der Waals surface area contributed by atoms with Gasteiger partial charge in [0.15, 0.2) is 0 Å². The van der Waals surface area contributed by atoms with Crippen molar-refractivity contribution in [2.75, 3.05) is 26.2 Å². The molecule has 0 aliphatic carbocycles. The highest BCUT2D eigenvalue weighted by molar-refractivity contribution is 7.89. The molecule has 1 aromatic heterocycles. The second-order valence-corrected chi connectivity index (χ2v) is 11.0. The number of halogens is 1. The Kier molecular flexibility index (Phi) is 7.41. The Labute approximate surface area is 199 Å². The highest BCUT2D eigenvalue weighted by Gasteiger charge is 2.34. The third kappa shape index (κ3) is 5.59. The van der Waals surface area contributed by atoms with Crippen molar-refractivity contribution in [1.82, 2.24) is 19.5 Å². The number of aromatic amines is 1. The second kappa shape index (κ2) is 10.3. The average molecular weight is 493 g/mol. The van der Waals surface area contributed by atoms with Crippen LogP contribution >= 0.6 is 11.6 Å². The number of aromatic nitrogens is 1. The first-order valence-corrected chi connectivity index (χ1v) is 13.2. The van der Waals surface area contributed by atoms with Gasteiger partial charge in [0.05, 0.1) is 5.92 Å². The van der Waals surface area contributed by atoms with Gasteiger partial charge in [0.2, 0.25) is 15.9 Å². The van der Waals surface area contributed by atoms with Gasteiger partial charge in [0.1, 0.15) is 10.6 Å². The van der Waals surface area contributed by atoms with Gasteiger partial charge >= 0.3 is 0 Å². The maximum absolute atomic E-state index is 13.2. The molecule has 0 bridgehead atoms. The van der Waals surface area contributed by atoms with Crippen molar-refractivity contribution in [2.24, 2.45) is 5.92 Å². The molecule has 178 valence electrons. The lowest BCUT2D eigenvalue weighted by Crippen LogP contribution is -2.45. The highest BCUT2D eigenvalue weighted by Crippen LogP contribution is 2.25. The molecule has 1 aromatic carbocycles. The molecule has 3 heterocycles. The summed E-state index contributed by atoms with van der Waals surface area (Å²) in [7, 11) is -3.81. The first-order valence-electron chi connectivity index (χ1n) is 11.3. The van der Waals surface area contributed by atoms with E-state index in [1.807, 2.05) is 12.1 Å². The largest absolute Gasteiger partial charge is 0.356 e. The van der Waals surface area contributed by atoms with Crippen molar-refractivity contribution >= 4 is 33.4 Å². The quantitative estimate of drug-likeness (QED) is 0.647. The molecule has 33 heavy (non-hydrogen) atoms. The lowest BCUT2D eigenvalue weighted by atomic mass is 9.99. The number of rotatable bonds is 6. The minimum absolute atomic E-state index is 0.0603. The van der Waals surface area contributed by atoms with Gasteiger partial charge in [-0.25, -0.2) is 8.42 Å². The molecule has 2 aromatic rings. The molecule has 2 aliphatic heterocycles. The van der Waals surface area contributed by atoms with Crippen molar-refractivity contribution in [2.45, 2.75) is 43.5 Å². The number of carbonyl (C=O) groups excluding carboxylic acids is 2. The Hall–Kier alpha value is -2.36. The van der Waals surface area contributed by atoms with Gasteiger partial charge in [-0.05, 0) is 55.9 Å². The summed E-state index contributed by atoms with van der Waals surface area (Å²) >= 11 is 5.89. The second-order valence-electron chi connectivity index (χ2n) is 8.65. The van der Waals surface area contributed by atoms with E-state index in [-0.39, 0.29) is 28.9 Å². The Balaban J connectivity index is 1.38. The summed E-state index contributed by atoms with van der Waals surface area (Å²) in [6, 6.07) is 8.62. The zero-order valence-corrected chi connectivity index (χ0v) is 20.0. The van der Waals surface area contributed by atoms with Crippen LogP contribution < -0.4 is 5.32 Å². The molecule has 0 saturated carbocycles. The monoisotopic (exact) mass is 492 g/mol. The molecule has 0 spiro atoms. The van der Waals surface area contributed by atoms with Gasteiger partial charge in [0, 0.05) is 43.9 Å². The number of hydrogen-bond donors (Lipinski definition) is 2. The molecule has 10 heteroatoms. The van der Waals surface area contributed by atoms with E-state index in [0.717, 1.165) is 24.8 Å². The molecule has 2 saturated heterocycles. The van der Waals surface area contributed by atoms with Crippen LogP contribution in [0.5, 0.6) is 0 Å². The van der Waals surface area contributed by atoms with Crippen molar-refractivity contribution in [1.29, 1.82) is 0 Å². The smallest absolute Gasteiger partial charge is 0.270 e. The Morgan fingerprint density at radius 1 is 1.06 bits per heavy atom. The van der Waals surface area contributed by atoms with Crippen LogP contribution in [0.25, 0.3) is 0 Å². The van der Waals surface area contributed by atoms with Crippen molar-refractivity contribution in [3.63, 3.8) is 0 Å². The van der Waals surface area contributed by atoms with Crippen molar-refractivity contribution in [3.8, 4) is 0 Å². The number of carbonyl (C=O) groups is 2. The Morgan fingerprint density at radius 2 is 1.79 bits per heavy atom. The number of piperidine rings is 2. The van der Waals surface area contributed by atoms with E-state index in [9.17, 15) is 18.0 Å². The average Bonchev–Trinajstić information content (AvgIpc) is 3.35. The summed E-state index contributed by atoms with van der Waals surface area (Å²) in [6.45, 7) is 2.22. The maximum Gasteiger partial charge on any atom is 0.270 e. The topological polar surface area (TPSA) is 103 Å². The molecule has 2 amide bonds. The molecule has 0 radical (unpaired) electrons. The van der Waals surface area contributed by atoms with Crippen LogP contribution in [0.15, 0.2) is 41.4 Å². The van der Waals surface area contributed by atoms with E-state index in [4.69, 9.17) is 11.6 Å². The predicted molar refractivity (Wildman–Crippen MR) is 125 cm³/mol. The minimum Gasteiger partial charge on any atom is -0.356 e. The molecule has 2 fully saturated rings. The Bertz CT molecular complexity index is 1090. The first-order chi connectivity index (χ1) is 15.8. The molecule has 2 N–H and O–H groups in total. The fourth-order valence-electron chi connectivity index (χ4n) is 4.37. The van der Waals surface area contributed by atoms with Crippen LogP contribution in [-0.2, 0) is 21.4 Å². The number of nitrogens with one attached hydrogen (secondary N) is 2. The van der Waals surface area contributed by atoms with E-state index in [2.05, 4.69) is 10.3 Å². The van der Waals surface area contributed by atoms with E-state index in [0.29, 0.717) is 44.0 Å². The number of likely N-dealkylation sites (tertiary alicyclic amines) is 1. The fraction of sp³-hybridized carbons (Fsp3) is 0.478. The Morgan fingerprint density at radius 3 is 2.52 bits per heavy atom. The minimum atomic E-state index is -3.81. The summed E-state index contributed by atoms with van der Waals surface area (Å²) in [5.74, 6) is -0.761. The summed E-state index contributed by atoms with van der Waals surface area (Å²) in [6.07, 6.45) is 5.64. The predicted octanol–water partition coefficient (Wildman–Crippen LogP) is 3.01. The number of nitrogens with zero attached hydrogens (tertiary/aromatic N) is 2. The number of amides is 2. The molecule has 8 nitrogen and oxygen atoms in total. The highest BCUT2D eigenvalue weighted by atomic mass is 35.5. The molecule has 0 unspecified atom stereocenters. The summed E-state index contributed by atoms with van der Waals surface area (Å²) in [5, 5.41) is 3.52. The van der Waals surface area contributed by atoms with Gasteiger partial charge in [-0.2, -0.15) is 4.31 Å². The number of sulfonamides is 1. The fourth-order valence-corrected chi connectivity index (χ4v) is 6.02. The van der Waals surface area contributed by atoms with E-state index in [1.54, 1.807) is 17.0 Å². The molecule has 2 aliphatic rings. The first kappa shape index (κ1) is 23.8. The third-order valence-electron chi connectivity index (χ3n) is 6.30. The van der Waals surface area contributed by atoms with Gasteiger partial charge < -0.3 is 15.2 Å². The summed E-state index contributed by atoms with van der Waals surface area (Å²) < 4.78 is 27.8. The van der Waals surface area contributed by atoms with Crippen LogP contribution in [-0.4, -0.2) is 60.6 Å². The lowest BCUT2D eigenvalue weighted by molar-refractivity contribution is -0.126. The van der Waals surface area contributed by atoms with Crippen LogP contribution in [0.2, 0.25) is 5.02 Å². The van der Waals surface area contributed by atoms with Crippen LogP contribution in [0.3, 0.4) is 0 Å². The molecular formula is C23H29ClN4O4S. The van der Waals surface area contributed by atoms with Gasteiger partial charge in [0.25, 0.3) is 5.91 Å². The van der Waals surface area contributed by atoms with Gasteiger partial charge in [-0.15, -0.1) is 0 Å². The van der Waals surface area contributed by atoms with Crippen molar-refractivity contribution in [3.05, 3.63) is 52.8 Å². The number of hydrogen-bond acceptors (Lipinski definition) is 4. The standard InChI is InChI=1S/C23H29ClN4O4S/c24-19-8-6-17(7-9-19)14-26-22(29)18-5-4-12-28(16-18)33(31,32)20-13-21(25-15-20)23(30)27-10-2-1-3-11-27/h6-9,13,15,18,25H,1-5,10-12,14,16H2,(H,26,29)/t18-/m1/s1. The molecular weight excluding hydrogens is 464 g/mol. The molecule has 1 atom stereocenters. The van der Waals surface area contributed by atoms with E-state index < -0.39 is 15.9 Å².